The molecule has 0 saturated carbocycles. The first-order valence-corrected chi connectivity index (χ1v) is 5.03. The van der Waals surface area contributed by atoms with Crippen molar-refractivity contribution in [3.05, 3.63) is 0 Å². The Labute approximate surface area is 95.9 Å². The number of hydrogen-bond donors (Lipinski definition) is 2. The van der Waals surface area contributed by atoms with E-state index in [9.17, 15) is 9.59 Å². The Morgan fingerprint density at radius 3 is 2.56 bits per heavy atom. The monoisotopic (exact) mass is 226 g/mol. The van der Waals surface area contributed by atoms with Crippen LogP contribution in [-0.2, 0) is 14.3 Å². The molecular formula is C11H18N2O3. The summed E-state index contributed by atoms with van der Waals surface area (Å²) in [7, 11) is 1.28. The number of amides is 1. The van der Waals surface area contributed by atoms with Gasteiger partial charge in [0, 0.05) is 25.9 Å². The van der Waals surface area contributed by atoms with Crippen LogP contribution in [0.3, 0.4) is 0 Å². The summed E-state index contributed by atoms with van der Waals surface area (Å²) >= 11 is 0. The first-order valence-electron chi connectivity index (χ1n) is 5.03. The molecule has 0 fully saturated rings. The maximum Gasteiger partial charge on any atom is 0.329 e. The van der Waals surface area contributed by atoms with Gasteiger partial charge in [-0.05, 0) is 6.92 Å². The fourth-order valence-corrected chi connectivity index (χ4v) is 1.15. The van der Waals surface area contributed by atoms with Gasteiger partial charge in [-0.3, -0.25) is 4.79 Å². The Morgan fingerprint density at radius 1 is 1.50 bits per heavy atom. The molecule has 16 heavy (non-hydrogen) atoms. The van der Waals surface area contributed by atoms with E-state index in [1.54, 1.807) is 0 Å². The van der Waals surface area contributed by atoms with Gasteiger partial charge in [-0.2, -0.15) is 0 Å². The van der Waals surface area contributed by atoms with Crippen molar-refractivity contribution in [1.29, 1.82) is 0 Å². The number of methoxy groups -OCH3 is 1. The minimum absolute atomic E-state index is 0.0888. The van der Waals surface area contributed by atoms with E-state index in [-0.39, 0.29) is 11.9 Å². The van der Waals surface area contributed by atoms with Gasteiger partial charge in [0.1, 0.15) is 6.04 Å². The fraction of sp³-hybridized carbons (Fsp3) is 0.636. The zero-order valence-electron chi connectivity index (χ0n) is 9.87. The molecule has 90 valence electrons. The van der Waals surface area contributed by atoms with Gasteiger partial charge in [-0.1, -0.05) is 0 Å². The standard InChI is InChI=1S/C11H18N2O3/c1-5-6-8(2)12-7-10(11(15)16-4)13-9(3)14/h1,8,10,12H,6-7H2,2-4H3,(H,13,14). The largest absolute Gasteiger partial charge is 0.467 e. The number of hydrogen-bond acceptors (Lipinski definition) is 4. The van der Waals surface area contributed by atoms with Crippen molar-refractivity contribution in [1.82, 2.24) is 10.6 Å². The Morgan fingerprint density at radius 2 is 2.12 bits per heavy atom. The van der Waals surface area contributed by atoms with E-state index >= 15 is 0 Å². The summed E-state index contributed by atoms with van der Waals surface area (Å²) in [5.41, 5.74) is 0. The molecule has 2 N–H and O–H groups in total. The molecule has 0 heterocycles. The van der Waals surface area contributed by atoms with Gasteiger partial charge < -0.3 is 15.4 Å². The highest BCUT2D eigenvalue weighted by Gasteiger charge is 2.20. The van der Waals surface area contributed by atoms with E-state index in [4.69, 9.17) is 6.42 Å². The average molecular weight is 226 g/mol. The minimum Gasteiger partial charge on any atom is -0.467 e. The second-order valence-corrected chi connectivity index (χ2v) is 3.49. The molecule has 0 aliphatic heterocycles. The third-order valence-corrected chi connectivity index (χ3v) is 1.96. The van der Waals surface area contributed by atoms with Gasteiger partial charge in [0.05, 0.1) is 7.11 Å². The van der Waals surface area contributed by atoms with Crippen molar-refractivity contribution < 1.29 is 14.3 Å². The number of ether oxygens (including phenoxy) is 1. The number of nitrogens with one attached hydrogen (secondary N) is 2. The van der Waals surface area contributed by atoms with Crippen LogP contribution in [0.25, 0.3) is 0 Å². The van der Waals surface area contributed by atoms with Crippen LogP contribution in [-0.4, -0.2) is 37.6 Å². The molecule has 5 nitrogen and oxygen atoms in total. The highest BCUT2D eigenvalue weighted by Crippen LogP contribution is 1.91. The lowest BCUT2D eigenvalue weighted by Gasteiger charge is -2.18. The Balaban J connectivity index is 4.17. The summed E-state index contributed by atoms with van der Waals surface area (Å²) in [6.45, 7) is 3.55. The SMILES string of the molecule is C#CCC(C)NCC(NC(C)=O)C(=O)OC. The summed E-state index contributed by atoms with van der Waals surface area (Å²) in [6.07, 6.45) is 5.71. The van der Waals surface area contributed by atoms with E-state index in [1.165, 1.54) is 14.0 Å². The van der Waals surface area contributed by atoms with Crippen molar-refractivity contribution in [2.75, 3.05) is 13.7 Å². The van der Waals surface area contributed by atoms with Crippen molar-refractivity contribution in [3.63, 3.8) is 0 Å². The van der Waals surface area contributed by atoms with Gasteiger partial charge in [-0.15, -0.1) is 12.3 Å². The molecule has 1 amide bonds. The fourth-order valence-electron chi connectivity index (χ4n) is 1.15. The molecule has 5 heteroatoms. The van der Waals surface area contributed by atoms with E-state index in [1.807, 2.05) is 6.92 Å². The molecule has 0 saturated heterocycles. The van der Waals surface area contributed by atoms with Crippen molar-refractivity contribution in [2.45, 2.75) is 32.4 Å². The predicted molar refractivity (Wildman–Crippen MR) is 60.5 cm³/mol. The Hall–Kier alpha value is -1.54. The van der Waals surface area contributed by atoms with Crippen LogP contribution in [0.15, 0.2) is 0 Å². The molecule has 0 aromatic rings. The number of carbonyl (C=O) groups is 2. The highest BCUT2D eigenvalue weighted by molar-refractivity contribution is 5.83. The third kappa shape index (κ3) is 6.04. The molecule has 2 unspecified atom stereocenters. The molecule has 2 atom stereocenters. The van der Waals surface area contributed by atoms with Gasteiger partial charge in [0.2, 0.25) is 5.91 Å². The van der Waals surface area contributed by atoms with Crippen LogP contribution in [0.2, 0.25) is 0 Å². The topological polar surface area (TPSA) is 67.4 Å². The molecule has 0 aromatic heterocycles. The zero-order valence-corrected chi connectivity index (χ0v) is 9.87. The number of carbonyl (C=O) groups excluding carboxylic acids is 2. The second kappa shape index (κ2) is 7.71. The molecule has 0 spiro atoms. The van der Waals surface area contributed by atoms with Crippen molar-refractivity contribution in [2.24, 2.45) is 0 Å². The van der Waals surface area contributed by atoms with E-state index < -0.39 is 12.0 Å². The first kappa shape index (κ1) is 14.5. The van der Waals surface area contributed by atoms with Crippen LogP contribution in [0.5, 0.6) is 0 Å². The van der Waals surface area contributed by atoms with Gasteiger partial charge in [-0.25, -0.2) is 4.79 Å². The molecule has 0 bridgehead atoms. The lowest BCUT2D eigenvalue weighted by Crippen LogP contribution is -2.48. The van der Waals surface area contributed by atoms with E-state index in [0.29, 0.717) is 13.0 Å². The summed E-state index contributed by atoms with van der Waals surface area (Å²) < 4.78 is 4.57. The smallest absolute Gasteiger partial charge is 0.329 e. The van der Waals surface area contributed by atoms with Gasteiger partial charge >= 0.3 is 5.97 Å². The van der Waals surface area contributed by atoms with E-state index in [0.717, 1.165) is 0 Å². The predicted octanol–water partition coefficient (Wildman–Crippen LogP) is -0.334. The number of esters is 1. The number of terminal acetylenes is 1. The van der Waals surface area contributed by atoms with Crippen LogP contribution in [0, 0.1) is 12.3 Å². The third-order valence-electron chi connectivity index (χ3n) is 1.96. The summed E-state index contributed by atoms with van der Waals surface area (Å²) in [6, 6.07) is -0.589. The first-order chi connectivity index (χ1) is 7.51. The lowest BCUT2D eigenvalue weighted by atomic mass is 10.2. The Kier molecular flexibility index (Phi) is 6.97. The van der Waals surface area contributed by atoms with Gasteiger partial charge in [0.15, 0.2) is 0 Å². The summed E-state index contributed by atoms with van der Waals surface area (Å²) in [5.74, 6) is 1.76. The quantitative estimate of drug-likeness (QED) is 0.480. The summed E-state index contributed by atoms with van der Waals surface area (Å²) in [5, 5.41) is 5.55. The average Bonchev–Trinajstić information content (AvgIpc) is 2.23. The molecular weight excluding hydrogens is 208 g/mol. The van der Waals surface area contributed by atoms with Crippen molar-refractivity contribution >= 4 is 11.9 Å². The lowest BCUT2D eigenvalue weighted by molar-refractivity contribution is -0.144. The highest BCUT2D eigenvalue weighted by atomic mass is 16.5. The molecule has 0 radical (unpaired) electrons. The normalized spacial score (nSPS) is 13.4. The number of rotatable bonds is 6. The molecule has 0 rings (SSSR count). The molecule has 0 aliphatic rings. The second-order valence-electron chi connectivity index (χ2n) is 3.49. The zero-order chi connectivity index (χ0) is 12.6. The molecule has 0 aromatic carbocycles. The van der Waals surface area contributed by atoms with Crippen LogP contribution in [0.1, 0.15) is 20.3 Å². The van der Waals surface area contributed by atoms with Crippen LogP contribution < -0.4 is 10.6 Å². The maximum atomic E-state index is 11.3. The minimum atomic E-state index is -0.678. The van der Waals surface area contributed by atoms with Crippen molar-refractivity contribution in [3.8, 4) is 12.3 Å². The molecule has 0 aliphatic carbocycles. The van der Waals surface area contributed by atoms with Gasteiger partial charge in [0.25, 0.3) is 0 Å². The maximum absolute atomic E-state index is 11.3. The summed E-state index contributed by atoms with van der Waals surface area (Å²) in [4.78, 5) is 22.2. The van der Waals surface area contributed by atoms with Crippen LogP contribution in [0.4, 0.5) is 0 Å². The van der Waals surface area contributed by atoms with E-state index in [2.05, 4.69) is 21.3 Å². The Bertz CT molecular complexity index is 283. The van der Waals surface area contributed by atoms with Crippen LogP contribution >= 0.6 is 0 Å².